The van der Waals surface area contributed by atoms with E-state index in [4.69, 9.17) is 16.3 Å². The molecule has 7 heteroatoms. The molecule has 0 radical (unpaired) electrons. The van der Waals surface area contributed by atoms with E-state index in [9.17, 15) is 0 Å². The lowest BCUT2D eigenvalue weighted by molar-refractivity contribution is 0.181. The fraction of sp³-hybridized carbons (Fsp3) is 0.154. The van der Waals surface area contributed by atoms with E-state index in [0.717, 1.165) is 15.8 Å². The molecule has 0 spiro atoms. The second-order valence-corrected chi connectivity index (χ2v) is 6.16. The fourth-order valence-electron chi connectivity index (χ4n) is 1.79. The molecule has 102 valence electrons. The molecule has 0 aliphatic heterocycles. The largest absolute Gasteiger partial charge is 0.378 e. The average Bonchev–Trinajstić information content (AvgIpc) is 2.91. The third-order valence-corrected chi connectivity index (χ3v) is 4.91. The summed E-state index contributed by atoms with van der Waals surface area (Å²) in [5, 5.41) is 2.38. The summed E-state index contributed by atoms with van der Waals surface area (Å²) in [5.74, 6) is 0.549. The van der Waals surface area contributed by atoms with E-state index in [2.05, 4.69) is 30.9 Å². The monoisotopic (exact) mass is 369 g/mol. The first-order valence-corrected chi connectivity index (χ1v) is 7.78. The van der Waals surface area contributed by atoms with E-state index in [1.807, 2.05) is 17.5 Å². The van der Waals surface area contributed by atoms with Crippen LogP contribution in [0.25, 0.3) is 21.6 Å². The number of ether oxygens (including phenoxy) is 1. The van der Waals surface area contributed by atoms with Gasteiger partial charge in [-0.1, -0.05) is 11.6 Å². The Morgan fingerprint density at radius 1 is 1.40 bits per heavy atom. The van der Waals surface area contributed by atoms with Crippen molar-refractivity contribution in [3.63, 3.8) is 0 Å². The second-order valence-electron chi connectivity index (χ2n) is 4.06. The molecular formula is C13H9BrClN3OS. The van der Waals surface area contributed by atoms with Gasteiger partial charge in [0.1, 0.15) is 5.15 Å². The van der Waals surface area contributed by atoms with Gasteiger partial charge in [-0.2, -0.15) is 0 Å². The highest BCUT2D eigenvalue weighted by Crippen LogP contribution is 2.29. The maximum Gasteiger partial charge on any atom is 0.162 e. The Labute approximate surface area is 132 Å². The number of rotatable bonds is 3. The maximum absolute atomic E-state index is 6.13. The topological polar surface area (TPSA) is 47.9 Å². The molecule has 0 atom stereocenters. The van der Waals surface area contributed by atoms with Crippen molar-refractivity contribution in [1.82, 2.24) is 15.0 Å². The summed E-state index contributed by atoms with van der Waals surface area (Å²) in [6.45, 7) is 0.366. The molecule has 0 bridgehead atoms. The molecule has 0 aromatic carbocycles. The Balaban J connectivity index is 2.12. The second kappa shape index (κ2) is 5.73. The van der Waals surface area contributed by atoms with Crippen LogP contribution in [0.2, 0.25) is 5.15 Å². The van der Waals surface area contributed by atoms with Gasteiger partial charge in [0, 0.05) is 18.9 Å². The standard InChI is InChI=1S/C13H9BrClN3OS/c1-19-6-9-11(14)12(15)18-13(17-9)7-4-10-8(16-5-7)2-3-20-10/h2-5H,6H2,1H3. The van der Waals surface area contributed by atoms with E-state index >= 15 is 0 Å². The summed E-state index contributed by atoms with van der Waals surface area (Å²) in [6.07, 6.45) is 1.76. The van der Waals surface area contributed by atoms with Crippen molar-refractivity contribution < 1.29 is 4.74 Å². The van der Waals surface area contributed by atoms with Crippen LogP contribution in [0.15, 0.2) is 28.2 Å². The van der Waals surface area contributed by atoms with Crippen LogP contribution in [-0.2, 0) is 11.3 Å². The SMILES string of the molecule is COCc1nc(-c2cnc3ccsc3c2)nc(Cl)c1Br. The van der Waals surface area contributed by atoms with Gasteiger partial charge in [0.05, 0.1) is 27.0 Å². The molecule has 0 amide bonds. The first-order chi connectivity index (χ1) is 9.69. The van der Waals surface area contributed by atoms with E-state index in [1.165, 1.54) is 0 Å². The summed E-state index contributed by atoms with van der Waals surface area (Å²) in [5.41, 5.74) is 2.53. The van der Waals surface area contributed by atoms with Crippen LogP contribution in [0.4, 0.5) is 0 Å². The molecule has 0 aliphatic rings. The van der Waals surface area contributed by atoms with Crippen molar-refractivity contribution in [3.8, 4) is 11.4 Å². The van der Waals surface area contributed by atoms with E-state index in [0.29, 0.717) is 27.8 Å². The summed E-state index contributed by atoms with van der Waals surface area (Å²) in [6, 6.07) is 4.00. The lowest BCUT2D eigenvalue weighted by atomic mass is 10.2. The molecule has 3 aromatic heterocycles. The average molecular weight is 371 g/mol. The lowest BCUT2D eigenvalue weighted by Crippen LogP contribution is -2.00. The van der Waals surface area contributed by atoms with Crippen LogP contribution in [0, 0.1) is 0 Å². The third kappa shape index (κ3) is 2.56. The zero-order valence-corrected chi connectivity index (χ0v) is 13.6. The summed E-state index contributed by atoms with van der Waals surface area (Å²) < 4.78 is 6.88. The molecule has 0 fully saturated rings. The van der Waals surface area contributed by atoms with Crippen LogP contribution in [-0.4, -0.2) is 22.1 Å². The van der Waals surface area contributed by atoms with E-state index in [-0.39, 0.29) is 0 Å². The van der Waals surface area contributed by atoms with Crippen molar-refractivity contribution in [2.75, 3.05) is 7.11 Å². The van der Waals surface area contributed by atoms with Crippen LogP contribution < -0.4 is 0 Å². The Morgan fingerprint density at radius 2 is 2.25 bits per heavy atom. The third-order valence-electron chi connectivity index (χ3n) is 2.72. The number of methoxy groups -OCH3 is 1. The molecule has 0 saturated heterocycles. The zero-order valence-electron chi connectivity index (χ0n) is 10.4. The summed E-state index contributed by atoms with van der Waals surface area (Å²) in [7, 11) is 1.61. The number of halogens is 2. The minimum atomic E-state index is 0.366. The molecule has 3 aromatic rings. The fourth-order valence-corrected chi connectivity index (χ4v) is 3.05. The van der Waals surface area contributed by atoms with Crippen molar-refractivity contribution in [1.29, 1.82) is 0 Å². The number of nitrogens with zero attached hydrogens (tertiary/aromatic N) is 3. The van der Waals surface area contributed by atoms with Gasteiger partial charge < -0.3 is 4.74 Å². The minimum Gasteiger partial charge on any atom is -0.378 e. The normalized spacial score (nSPS) is 11.2. The number of aromatic nitrogens is 3. The quantitative estimate of drug-likeness (QED) is 0.644. The summed E-state index contributed by atoms with van der Waals surface area (Å²) in [4.78, 5) is 13.2. The van der Waals surface area contributed by atoms with Crippen molar-refractivity contribution in [3.05, 3.63) is 39.0 Å². The van der Waals surface area contributed by atoms with Crippen LogP contribution in [0.5, 0.6) is 0 Å². The van der Waals surface area contributed by atoms with Crippen molar-refractivity contribution in [2.24, 2.45) is 0 Å². The predicted octanol–water partition coefficient (Wildman–Crippen LogP) is 4.32. The van der Waals surface area contributed by atoms with Gasteiger partial charge in [0.25, 0.3) is 0 Å². The molecule has 0 aliphatic carbocycles. The van der Waals surface area contributed by atoms with Gasteiger partial charge in [-0.25, -0.2) is 9.97 Å². The zero-order chi connectivity index (χ0) is 14.1. The predicted molar refractivity (Wildman–Crippen MR) is 84.1 cm³/mol. The Kier molecular flexibility index (Phi) is 3.98. The Morgan fingerprint density at radius 3 is 3.05 bits per heavy atom. The number of pyridine rings is 1. The summed E-state index contributed by atoms with van der Waals surface area (Å²) >= 11 is 11.1. The molecule has 4 nitrogen and oxygen atoms in total. The number of hydrogen-bond acceptors (Lipinski definition) is 5. The number of thiophene rings is 1. The minimum absolute atomic E-state index is 0.366. The van der Waals surface area contributed by atoms with Gasteiger partial charge in [-0.3, -0.25) is 4.98 Å². The van der Waals surface area contributed by atoms with E-state index in [1.54, 1.807) is 24.6 Å². The van der Waals surface area contributed by atoms with Crippen LogP contribution in [0.1, 0.15) is 5.69 Å². The molecular weight excluding hydrogens is 362 g/mol. The molecule has 3 rings (SSSR count). The van der Waals surface area contributed by atoms with Gasteiger partial charge in [-0.15, -0.1) is 11.3 Å². The smallest absolute Gasteiger partial charge is 0.162 e. The van der Waals surface area contributed by atoms with Crippen molar-refractivity contribution in [2.45, 2.75) is 6.61 Å². The first-order valence-electron chi connectivity index (χ1n) is 5.73. The highest BCUT2D eigenvalue weighted by molar-refractivity contribution is 9.10. The van der Waals surface area contributed by atoms with Gasteiger partial charge in [-0.05, 0) is 33.4 Å². The molecule has 0 saturated carbocycles. The first kappa shape index (κ1) is 13.9. The lowest BCUT2D eigenvalue weighted by Gasteiger charge is -2.07. The molecule has 3 heterocycles. The molecule has 20 heavy (non-hydrogen) atoms. The van der Waals surface area contributed by atoms with Crippen molar-refractivity contribution >= 4 is 49.1 Å². The van der Waals surface area contributed by atoms with Gasteiger partial charge in [0.15, 0.2) is 5.82 Å². The maximum atomic E-state index is 6.13. The van der Waals surface area contributed by atoms with Crippen LogP contribution in [0.3, 0.4) is 0 Å². The highest BCUT2D eigenvalue weighted by atomic mass is 79.9. The Bertz CT molecular complexity index is 777. The van der Waals surface area contributed by atoms with E-state index < -0.39 is 0 Å². The van der Waals surface area contributed by atoms with Crippen LogP contribution >= 0.6 is 38.9 Å². The number of fused-ring (bicyclic) bond motifs is 1. The Hall–Kier alpha value is -1.08. The number of hydrogen-bond donors (Lipinski definition) is 0. The highest BCUT2D eigenvalue weighted by Gasteiger charge is 2.13. The molecule has 0 N–H and O–H groups in total. The molecule has 0 unspecified atom stereocenters. The van der Waals surface area contributed by atoms with Gasteiger partial charge >= 0.3 is 0 Å². The van der Waals surface area contributed by atoms with Gasteiger partial charge in [0.2, 0.25) is 0 Å².